The van der Waals surface area contributed by atoms with Gasteiger partial charge in [-0.2, -0.15) is 0 Å². The Labute approximate surface area is 176 Å². The topological polar surface area (TPSA) is 86.8 Å². The van der Waals surface area contributed by atoms with E-state index >= 15 is 0 Å². The molecule has 2 aliphatic heterocycles. The van der Waals surface area contributed by atoms with Gasteiger partial charge in [0.1, 0.15) is 0 Å². The average molecular weight is 428 g/mol. The quantitative estimate of drug-likeness (QED) is 0.812. The zero-order chi connectivity index (χ0) is 21.1. The third-order valence-electron chi connectivity index (χ3n) is 5.57. The summed E-state index contributed by atoms with van der Waals surface area (Å²) >= 11 is 0. The van der Waals surface area contributed by atoms with Gasteiger partial charge in [-0.1, -0.05) is 12.1 Å². The van der Waals surface area contributed by atoms with Gasteiger partial charge in [0.05, 0.1) is 22.7 Å². The lowest BCUT2D eigenvalue weighted by molar-refractivity contribution is 0.0794. The summed E-state index contributed by atoms with van der Waals surface area (Å²) in [6, 6.07) is 13.5. The summed E-state index contributed by atoms with van der Waals surface area (Å²) in [5.41, 5.74) is 1.92. The third-order valence-corrected chi connectivity index (χ3v) is 7.44. The normalized spacial score (nSPS) is 18.3. The van der Waals surface area contributed by atoms with Crippen LogP contribution in [-0.2, 0) is 10.0 Å². The zero-order valence-corrected chi connectivity index (χ0v) is 17.5. The molecule has 0 radical (unpaired) electrons. The van der Waals surface area contributed by atoms with Crippen LogP contribution < -0.4 is 9.62 Å². The molecule has 0 aliphatic carbocycles. The molecule has 4 rings (SSSR count). The number of carbonyl (C=O) groups excluding carboxylic acids is 2. The van der Waals surface area contributed by atoms with Crippen LogP contribution in [0.25, 0.3) is 0 Å². The van der Waals surface area contributed by atoms with Gasteiger partial charge in [-0.15, -0.1) is 0 Å². The minimum Gasteiger partial charge on any atom is -0.339 e. The van der Waals surface area contributed by atoms with E-state index in [9.17, 15) is 18.0 Å². The maximum Gasteiger partial charge on any atom is 0.255 e. The molecule has 0 spiro atoms. The second-order valence-electron chi connectivity index (χ2n) is 7.64. The van der Waals surface area contributed by atoms with Crippen molar-refractivity contribution < 1.29 is 18.0 Å². The Hall–Kier alpha value is -2.87. The van der Waals surface area contributed by atoms with E-state index < -0.39 is 10.0 Å². The molecule has 2 amide bonds. The second-order valence-corrected chi connectivity index (χ2v) is 9.65. The molecule has 8 heteroatoms. The molecule has 7 nitrogen and oxygen atoms in total. The van der Waals surface area contributed by atoms with E-state index in [1.165, 1.54) is 4.31 Å². The average Bonchev–Trinajstić information content (AvgIpc) is 3.28. The molecule has 0 unspecified atom stereocenters. The Balaban J connectivity index is 1.50. The number of likely N-dealkylation sites (tertiary alicyclic amines) is 1. The smallest absolute Gasteiger partial charge is 0.255 e. The SMILES string of the molecule is O=C(Nc1ccccc1C(=O)N1CCCC1)c1ccc(N2CCCCS2(=O)=O)cc1. The van der Waals surface area contributed by atoms with Gasteiger partial charge < -0.3 is 10.2 Å². The fourth-order valence-corrected chi connectivity index (χ4v) is 5.56. The molecule has 1 N–H and O–H groups in total. The lowest BCUT2D eigenvalue weighted by atomic mass is 10.1. The van der Waals surface area contributed by atoms with Crippen LogP contribution in [0.1, 0.15) is 46.4 Å². The van der Waals surface area contributed by atoms with Gasteiger partial charge >= 0.3 is 0 Å². The van der Waals surface area contributed by atoms with E-state index in [-0.39, 0.29) is 17.6 Å². The Morgan fingerprint density at radius 3 is 2.20 bits per heavy atom. The highest BCUT2D eigenvalue weighted by atomic mass is 32.2. The first-order valence-corrected chi connectivity index (χ1v) is 11.9. The first-order valence-electron chi connectivity index (χ1n) is 10.3. The van der Waals surface area contributed by atoms with Crippen molar-refractivity contribution in [2.24, 2.45) is 0 Å². The van der Waals surface area contributed by atoms with Crippen LogP contribution in [0.3, 0.4) is 0 Å². The van der Waals surface area contributed by atoms with Crippen molar-refractivity contribution in [1.82, 2.24) is 4.90 Å². The molecule has 0 atom stereocenters. The summed E-state index contributed by atoms with van der Waals surface area (Å²) in [6.45, 7) is 1.93. The molecular weight excluding hydrogens is 402 g/mol. The van der Waals surface area contributed by atoms with Crippen LogP contribution in [0, 0.1) is 0 Å². The van der Waals surface area contributed by atoms with Crippen LogP contribution in [0.2, 0.25) is 0 Å². The minimum absolute atomic E-state index is 0.0750. The molecule has 0 saturated carbocycles. The van der Waals surface area contributed by atoms with Gasteiger partial charge in [0.15, 0.2) is 0 Å². The molecule has 2 fully saturated rings. The summed E-state index contributed by atoms with van der Waals surface area (Å²) in [5, 5.41) is 2.83. The van der Waals surface area contributed by atoms with E-state index in [1.807, 2.05) is 0 Å². The number of rotatable bonds is 4. The first kappa shape index (κ1) is 20.4. The van der Waals surface area contributed by atoms with Gasteiger partial charge in [0.25, 0.3) is 11.8 Å². The van der Waals surface area contributed by atoms with Crippen LogP contribution in [-0.4, -0.2) is 50.5 Å². The van der Waals surface area contributed by atoms with Gasteiger partial charge in [-0.25, -0.2) is 8.42 Å². The Morgan fingerprint density at radius 2 is 1.50 bits per heavy atom. The summed E-state index contributed by atoms with van der Waals surface area (Å²) in [7, 11) is -3.29. The Morgan fingerprint density at radius 1 is 0.833 bits per heavy atom. The number of para-hydroxylation sites is 1. The zero-order valence-electron chi connectivity index (χ0n) is 16.7. The van der Waals surface area contributed by atoms with E-state index in [1.54, 1.807) is 53.4 Å². The highest BCUT2D eigenvalue weighted by Crippen LogP contribution is 2.25. The number of benzene rings is 2. The molecule has 2 saturated heterocycles. The molecule has 30 heavy (non-hydrogen) atoms. The summed E-state index contributed by atoms with van der Waals surface area (Å²) in [5.74, 6) is -0.268. The highest BCUT2D eigenvalue weighted by Gasteiger charge is 2.26. The first-order chi connectivity index (χ1) is 14.5. The van der Waals surface area contributed by atoms with Crippen LogP contribution in [0.15, 0.2) is 48.5 Å². The maximum atomic E-state index is 12.8. The minimum atomic E-state index is -3.29. The largest absolute Gasteiger partial charge is 0.339 e. The van der Waals surface area contributed by atoms with Crippen LogP contribution in [0.4, 0.5) is 11.4 Å². The Kier molecular flexibility index (Phi) is 5.76. The number of nitrogens with zero attached hydrogens (tertiary/aromatic N) is 2. The second kappa shape index (κ2) is 8.47. The van der Waals surface area contributed by atoms with E-state index in [4.69, 9.17) is 0 Å². The van der Waals surface area contributed by atoms with Crippen molar-refractivity contribution >= 4 is 33.2 Å². The number of hydrogen-bond donors (Lipinski definition) is 1. The molecule has 0 aromatic heterocycles. The van der Waals surface area contributed by atoms with Gasteiger partial charge in [0, 0.05) is 25.2 Å². The highest BCUT2D eigenvalue weighted by molar-refractivity contribution is 7.92. The summed E-state index contributed by atoms with van der Waals surface area (Å²) < 4.78 is 25.9. The molecule has 2 aliphatic rings. The maximum absolute atomic E-state index is 12.8. The van der Waals surface area contributed by atoms with Crippen molar-refractivity contribution in [2.45, 2.75) is 25.7 Å². The number of nitrogens with one attached hydrogen (secondary N) is 1. The van der Waals surface area contributed by atoms with E-state index in [0.29, 0.717) is 35.5 Å². The standard InChI is InChI=1S/C22H25N3O4S/c26-21(17-9-11-18(12-10-17)25-15-5-6-16-30(25,28)29)23-20-8-2-1-7-19(20)22(27)24-13-3-4-14-24/h1-2,7-12H,3-6,13-16H2,(H,23,26). The number of sulfonamides is 1. The number of amides is 2. The van der Waals surface area contributed by atoms with Gasteiger partial charge in [0.2, 0.25) is 10.0 Å². The molecule has 158 valence electrons. The predicted molar refractivity (Wildman–Crippen MR) is 116 cm³/mol. The monoisotopic (exact) mass is 427 g/mol. The third kappa shape index (κ3) is 4.18. The number of carbonyl (C=O) groups is 2. The van der Waals surface area contributed by atoms with Crippen LogP contribution >= 0.6 is 0 Å². The number of hydrogen-bond acceptors (Lipinski definition) is 4. The van der Waals surface area contributed by atoms with E-state index in [0.717, 1.165) is 32.4 Å². The predicted octanol–water partition coefficient (Wildman–Crippen LogP) is 3.10. The van der Waals surface area contributed by atoms with Crippen molar-refractivity contribution in [2.75, 3.05) is 35.0 Å². The van der Waals surface area contributed by atoms with Gasteiger partial charge in [-0.3, -0.25) is 13.9 Å². The summed E-state index contributed by atoms with van der Waals surface area (Å²) in [6.07, 6.45) is 3.50. The van der Waals surface area contributed by atoms with Gasteiger partial charge in [-0.05, 0) is 62.1 Å². The molecular formula is C22H25N3O4S. The van der Waals surface area contributed by atoms with Crippen molar-refractivity contribution in [3.8, 4) is 0 Å². The molecule has 0 bridgehead atoms. The lowest BCUT2D eigenvalue weighted by Gasteiger charge is -2.28. The lowest BCUT2D eigenvalue weighted by Crippen LogP contribution is -2.37. The van der Waals surface area contributed by atoms with Crippen molar-refractivity contribution in [3.63, 3.8) is 0 Å². The van der Waals surface area contributed by atoms with Crippen molar-refractivity contribution in [3.05, 3.63) is 59.7 Å². The fraction of sp³-hybridized carbons (Fsp3) is 0.364. The molecule has 2 aromatic rings. The number of anilines is 2. The fourth-order valence-electron chi connectivity index (χ4n) is 3.92. The van der Waals surface area contributed by atoms with E-state index in [2.05, 4.69) is 5.32 Å². The Bertz CT molecular complexity index is 1040. The molecule has 2 aromatic carbocycles. The van der Waals surface area contributed by atoms with Crippen LogP contribution in [0.5, 0.6) is 0 Å². The van der Waals surface area contributed by atoms with Crippen molar-refractivity contribution in [1.29, 1.82) is 0 Å². The molecule has 2 heterocycles. The summed E-state index contributed by atoms with van der Waals surface area (Å²) in [4.78, 5) is 27.3.